The summed E-state index contributed by atoms with van der Waals surface area (Å²) in [4.78, 5) is 36.9. The highest BCUT2D eigenvalue weighted by Gasteiger charge is 2.35. The van der Waals surface area contributed by atoms with E-state index >= 15 is 0 Å². The van der Waals surface area contributed by atoms with Crippen LogP contribution in [0.5, 0.6) is 0 Å². The number of benzene rings is 1. The van der Waals surface area contributed by atoms with Crippen molar-refractivity contribution in [2.75, 3.05) is 24.6 Å². The van der Waals surface area contributed by atoms with E-state index in [2.05, 4.69) is 0 Å². The molecular formula is C22H24F3N3O5. The highest BCUT2D eigenvalue weighted by atomic mass is 19.4. The second-order valence-corrected chi connectivity index (χ2v) is 8.09. The van der Waals surface area contributed by atoms with Gasteiger partial charge in [-0.25, -0.2) is 0 Å². The van der Waals surface area contributed by atoms with Crippen LogP contribution in [0.1, 0.15) is 40.2 Å². The van der Waals surface area contributed by atoms with Crippen LogP contribution in [-0.2, 0) is 22.8 Å². The molecule has 1 fully saturated rings. The molecule has 0 unspecified atom stereocenters. The van der Waals surface area contributed by atoms with Gasteiger partial charge in [-0.3, -0.25) is 19.7 Å². The minimum Gasteiger partial charge on any atom is -0.457 e. The van der Waals surface area contributed by atoms with Gasteiger partial charge in [0.2, 0.25) is 5.78 Å². The number of piperidine rings is 1. The zero-order valence-corrected chi connectivity index (χ0v) is 18.4. The van der Waals surface area contributed by atoms with Gasteiger partial charge in [0.05, 0.1) is 16.4 Å². The van der Waals surface area contributed by atoms with Crippen LogP contribution in [0.25, 0.3) is 0 Å². The number of carbonyl (C=O) groups excluding carboxylic acids is 2. The molecule has 0 radical (unpaired) electrons. The molecule has 1 saturated heterocycles. The fourth-order valence-electron chi connectivity index (χ4n) is 3.94. The van der Waals surface area contributed by atoms with Crippen molar-refractivity contribution >= 4 is 23.1 Å². The van der Waals surface area contributed by atoms with Crippen LogP contribution in [0.2, 0.25) is 0 Å². The molecule has 1 aliphatic rings. The third-order valence-electron chi connectivity index (χ3n) is 6.09. The van der Waals surface area contributed by atoms with Gasteiger partial charge < -0.3 is 14.2 Å². The molecule has 3 rings (SSSR count). The number of halogens is 3. The number of rotatable bonds is 6. The Labute approximate surface area is 188 Å². The molecule has 0 bridgehead atoms. The van der Waals surface area contributed by atoms with Gasteiger partial charge >= 0.3 is 12.1 Å². The first kappa shape index (κ1) is 24.3. The summed E-state index contributed by atoms with van der Waals surface area (Å²) >= 11 is 0. The number of Topliss-reactive ketones (excluding diaryl/α,β-unsaturated/α-hetero) is 1. The number of nitro benzene ring substituents is 1. The second kappa shape index (κ2) is 9.24. The van der Waals surface area contributed by atoms with Crippen molar-refractivity contribution in [1.29, 1.82) is 0 Å². The molecule has 0 aliphatic carbocycles. The first-order chi connectivity index (χ1) is 15.4. The maximum absolute atomic E-state index is 12.9. The van der Waals surface area contributed by atoms with Crippen molar-refractivity contribution in [3.8, 4) is 0 Å². The smallest absolute Gasteiger partial charge is 0.416 e. The minimum atomic E-state index is -4.69. The summed E-state index contributed by atoms with van der Waals surface area (Å²) in [5.74, 6) is -1.33. The molecule has 1 aromatic carbocycles. The molecule has 33 heavy (non-hydrogen) atoms. The van der Waals surface area contributed by atoms with Gasteiger partial charge in [0.25, 0.3) is 5.69 Å². The van der Waals surface area contributed by atoms with E-state index in [4.69, 9.17) is 4.74 Å². The first-order valence-electron chi connectivity index (χ1n) is 10.3. The Bertz CT molecular complexity index is 1090. The van der Waals surface area contributed by atoms with E-state index in [1.54, 1.807) is 17.9 Å². The Balaban J connectivity index is 1.60. The SMILES string of the molecule is Cc1cc(C(=O)COC(=O)C2CCN(c3ccc(C(F)(F)F)cc3[N+](=O)[O-])CC2)c(C)n1C. The lowest BCUT2D eigenvalue weighted by Gasteiger charge is -2.32. The van der Waals surface area contributed by atoms with Crippen LogP contribution in [0.3, 0.4) is 0 Å². The molecule has 1 aliphatic heterocycles. The topological polar surface area (TPSA) is 94.7 Å². The lowest BCUT2D eigenvalue weighted by atomic mass is 9.96. The van der Waals surface area contributed by atoms with Gasteiger partial charge in [-0.2, -0.15) is 13.2 Å². The van der Waals surface area contributed by atoms with E-state index in [1.807, 2.05) is 18.5 Å². The van der Waals surface area contributed by atoms with Crippen LogP contribution in [-0.4, -0.2) is 40.9 Å². The van der Waals surface area contributed by atoms with Crippen LogP contribution in [0, 0.1) is 29.9 Å². The zero-order valence-electron chi connectivity index (χ0n) is 18.4. The maximum Gasteiger partial charge on any atom is 0.416 e. The van der Waals surface area contributed by atoms with E-state index in [0.29, 0.717) is 24.5 Å². The summed E-state index contributed by atoms with van der Waals surface area (Å²) < 4.78 is 45.8. The van der Waals surface area contributed by atoms with Crippen molar-refractivity contribution < 1.29 is 32.4 Å². The number of hydrogen-bond donors (Lipinski definition) is 0. The van der Waals surface area contributed by atoms with E-state index in [0.717, 1.165) is 23.5 Å². The normalized spacial score (nSPS) is 14.9. The van der Waals surface area contributed by atoms with Crippen LogP contribution in [0.15, 0.2) is 24.3 Å². The van der Waals surface area contributed by atoms with Crippen molar-refractivity contribution in [2.45, 2.75) is 32.9 Å². The quantitative estimate of drug-likeness (QED) is 0.273. The third-order valence-corrected chi connectivity index (χ3v) is 6.09. The van der Waals surface area contributed by atoms with Crippen molar-refractivity contribution in [3.63, 3.8) is 0 Å². The van der Waals surface area contributed by atoms with Crippen LogP contribution >= 0.6 is 0 Å². The van der Waals surface area contributed by atoms with E-state index in [9.17, 15) is 32.9 Å². The Morgan fingerprint density at radius 3 is 2.33 bits per heavy atom. The molecule has 178 valence electrons. The molecule has 2 heterocycles. The summed E-state index contributed by atoms with van der Waals surface area (Å²) in [6, 6.07) is 4.15. The number of ketones is 1. The summed E-state index contributed by atoms with van der Waals surface area (Å²) in [5, 5.41) is 11.3. The lowest BCUT2D eigenvalue weighted by Crippen LogP contribution is -2.37. The average molecular weight is 467 g/mol. The largest absolute Gasteiger partial charge is 0.457 e. The van der Waals surface area contributed by atoms with Gasteiger partial charge in [0.1, 0.15) is 5.69 Å². The van der Waals surface area contributed by atoms with E-state index in [-0.39, 0.29) is 31.2 Å². The second-order valence-electron chi connectivity index (χ2n) is 8.09. The number of nitrogens with zero attached hydrogens (tertiary/aromatic N) is 3. The number of aromatic nitrogens is 1. The number of carbonyl (C=O) groups is 2. The van der Waals surface area contributed by atoms with Gasteiger partial charge in [0, 0.05) is 43.2 Å². The van der Waals surface area contributed by atoms with Gasteiger partial charge in [0.15, 0.2) is 6.61 Å². The van der Waals surface area contributed by atoms with Gasteiger partial charge in [-0.15, -0.1) is 0 Å². The summed E-state index contributed by atoms with van der Waals surface area (Å²) in [7, 11) is 1.84. The zero-order chi connectivity index (χ0) is 24.5. The first-order valence-corrected chi connectivity index (χ1v) is 10.3. The Morgan fingerprint density at radius 1 is 1.18 bits per heavy atom. The van der Waals surface area contributed by atoms with E-state index < -0.39 is 34.2 Å². The Hall–Kier alpha value is -3.37. The maximum atomic E-state index is 12.9. The molecule has 2 aromatic rings. The number of esters is 1. The van der Waals surface area contributed by atoms with Gasteiger partial charge in [-0.05, 0) is 44.9 Å². The predicted octanol–water partition coefficient (Wildman–Crippen LogP) is 4.21. The molecule has 0 spiro atoms. The monoisotopic (exact) mass is 467 g/mol. The van der Waals surface area contributed by atoms with Crippen LogP contribution < -0.4 is 4.90 Å². The average Bonchev–Trinajstić information content (AvgIpc) is 3.03. The fourth-order valence-corrected chi connectivity index (χ4v) is 3.94. The molecule has 1 aromatic heterocycles. The van der Waals surface area contributed by atoms with Crippen molar-refractivity contribution in [1.82, 2.24) is 4.57 Å². The molecular weight excluding hydrogens is 443 g/mol. The Kier molecular flexibility index (Phi) is 6.80. The standard InChI is InChI=1S/C22H24F3N3O5/c1-13-10-17(14(2)26(13)3)20(29)12-33-21(30)15-6-8-27(9-7-15)18-5-4-16(22(23,24)25)11-19(18)28(31)32/h4-5,10-11,15H,6-9,12H2,1-3H3. The van der Waals surface area contributed by atoms with Gasteiger partial charge in [-0.1, -0.05) is 0 Å². The highest BCUT2D eigenvalue weighted by Crippen LogP contribution is 2.37. The number of aryl methyl sites for hydroxylation is 1. The molecule has 11 heteroatoms. The minimum absolute atomic E-state index is 0.0740. The predicted molar refractivity (Wildman–Crippen MR) is 113 cm³/mol. The van der Waals surface area contributed by atoms with Crippen LogP contribution in [0.4, 0.5) is 24.5 Å². The van der Waals surface area contributed by atoms with Crippen molar-refractivity contribution in [2.24, 2.45) is 13.0 Å². The summed E-state index contributed by atoms with van der Waals surface area (Å²) in [6.07, 6.45) is -4.09. The number of ether oxygens (including phenoxy) is 1. The number of hydrogen-bond acceptors (Lipinski definition) is 6. The van der Waals surface area contributed by atoms with E-state index in [1.165, 1.54) is 0 Å². The molecule has 0 amide bonds. The fraction of sp³-hybridized carbons (Fsp3) is 0.455. The number of nitro groups is 1. The van der Waals surface area contributed by atoms with Crippen molar-refractivity contribution in [3.05, 3.63) is 56.9 Å². The third kappa shape index (κ3) is 5.18. The lowest BCUT2D eigenvalue weighted by molar-refractivity contribution is -0.384. The number of anilines is 1. The number of alkyl halides is 3. The molecule has 0 atom stereocenters. The summed E-state index contributed by atoms with van der Waals surface area (Å²) in [6.45, 7) is 3.75. The summed E-state index contributed by atoms with van der Waals surface area (Å²) in [5.41, 5.74) is 0.527. The Morgan fingerprint density at radius 2 is 1.82 bits per heavy atom. The molecule has 0 saturated carbocycles. The molecule has 8 nitrogen and oxygen atoms in total. The molecule has 0 N–H and O–H groups in total. The highest BCUT2D eigenvalue weighted by molar-refractivity contribution is 5.99.